The SMILES string of the molecule is CC1CSCCN1c1ccc(N)cc1C(=O)O. The molecule has 1 aliphatic rings. The predicted molar refractivity (Wildman–Crippen MR) is 71.9 cm³/mol. The number of benzene rings is 1. The van der Waals surface area contributed by atoms with Crippen molar-refractivity contribution in [2.24, 2.45) is 0 Å². The van der Waals surface area contributed by atoms with Crippen molar-refractivity contribution in [3.05, 3.63) is 23.8 Å². The lowest BCUT2D eigenvalue weighted by atomic mass is 10.1. The molecule has 1 heterocycles. The van der Waals surface area contributed by atoms with E-state index in [2.05, 4.69) is 11.8 Å². The standard InChI is InChI=1S/C12H16N2O2S/c1-8-7-17-5-4-14(8)11-3-2-9(13)6-10(11)12(15)16/h2-3,6,8H,4-5,7,13H2,1H3,(H,15,16). The molecule has 4 nitrogen and oxygen atoms in total. The summed E-state index contributed by atoms with van der Waals surface area (Å²) >= 11 is 1.91. The Hall–Kier alpha value is -1.36. The molecule has 0 aliphatic carbocycles. The van der Waals surface area contributed by atoms with Crippen LogP contribution in [0.2, 0.25) is 0 Å². The zero-order chi connectivity index (χ0) is 12.4. The van der Waals surface area contributed by atoms with Gasteiger partial charge in [0.05, 0.1) is 11.3 Å². The first-order valence-corrected chi connectivity index (χ1v) is 6.72. The van der Waals surface area contributed by atoms with Crippen LogP contribution in [-0.2, 0) is 0 Å². The molecule has 17 heavy (non-hydrogen) atoms. The van der Waals surface area contributed by atoms with Crippen molar-refractivity contribution in [1.29, 1.82) is 0 Å². The average Bonchev–Trinajstić information content (AvgIpc) is 2.30. The molecule has 1 fully saturated rings. The Kier molecular flexibility index (Phi) is 3.47. The van der Waals surface area contributed by atoms with Crippen LogP contribution in [0.1, 0.15) is 17.3 Å². The van der Waals surface area contributed by atoms with Gasteiger partial charge in [-0.25, -0.2) is 4.79 Å². The van der Waals surface area contributed by atoms with Gasteiger partial charge in [-0.1, -0.05) is 0 Å². The van der Waals surface area contributed by atoms with Gasteiger partial charge in [0.15, 0.2) is 0 Å². The van der Waals surface area contributed by atoms with Crippen LogP contribution in [0.4, 0.5) is 11.4 Å². The molecule has 0 radical (unpaired) electrons. The molecule has 0 spiro atoms. The van der Waals surface area contributed by atoms with Crippen LogP contribution in [0.5, 0.6) is 0 Å². The Balaban J connectivity index is 2.39. The van der Waals surface area contributed by atoms with Crippen molar-refractivity contribution in [1.82, 2.24) is 0 Å². The fourth-order valence-electron chi connectivity index (χ4n) is 2.06. The molecule has 1 aliphatic heterocycles. The number of anilines is 2. The van der Waals surface area contributed by atoms with Crippen molar-refractivity contribution in [3.8, 4) is 0 Å². The summed E-state index contributed by atoms with van der Waals surface area (Å²) in [7, 11) is 0. The first-order chi connectivity index (χ1) is 8.09. The highest BCUT2D eigenvalue weighted by atomic mass is 32.2. The van der Waals surface area contributed by atoms with Gasteiger partial charge in [-0.15, -0.1) is 0 Å². The first kappa shape index (κ1) is 12.1. The molecule has 1 saturated heterocycles. The van der Waals surface area contributed by atoms with Crippen LogP contribution in [0.3, 0.4) is 0 Å². The monoisotopic (exact) mass is 252 g/mol. The molecule has 0 saturated carbocycles. The number of carbonyl (C=O) groups is 1. The molecular formula is C12H16N2O2S. The highest BCUT2D eigenvalue weighted by Gasteiger charge is 2.23. The smallest absolute Gasteiger partial charge is 0.337 e. The Morgan fingerprint density at radius 3 is 3.00 bits per heavy atom. The third-order valence-electron chi connectivity index (χ3n) is 2.93. The van der Waals surface area contributed by atoms with Crippen LogP contribution in [0.15, 0.2) is 18.2 Å². The third-order valence-corrected chi connectivity index (χ3v) is 4.12. The van der Waals surface area contributed by atoms with Gasteiger partial charge in [0.2, 0.25) is 0 Å². The van der Waals surface area contributed by atoms with E-state index in [1.165, 1.54) is 6.07 Å². The van der Waals surface area contributed by atoms with Crippen LogP contribution in [0.25, 0.3) is 0 Å². The zero-order valence-corrected chi connectivity index (χ0v) is 10.5. The molecule has 0 aromatic heterocycles. The minimum atomic E-state index is -0.919. The summed E-state index contributed by atoms with van der Waals surface area (Å²) in [6, 6.07) is 5.46. The number of hydrogen-bond donors (Lipinski definition) is 2. The van der Waals surface area contributed by atoms with Crippen LogP contribution in [0, 0.1) is 0 Å². The van der Waals surface area contributed by atoms with Crippen molar-refractivity contribution in [2.75, 3.05) is 28.7 Å². The summed E-state index contributed by atoms with van der Waals surface area (Å²) in [5.41, 5.74) is 7.21. The number of carboxylic acid groups (broad SMARTS) is 1. The van der Waals surface area contributed by atoms with Crippen molar-refractivity contribution < 1.29 is 9.90 Å². The van der Waals surface area contributed by atoms with E-state index in [4.69, 9.17) is 5.73 Å². The van der Waals surface area contributed by atoms with E-state index in [-0.39, 0.29) is 0 Å². The largest absolute Gasteiger partial charge is 0.478 e. The molecule has 3 N–H and O–H groups in total. The predicted octanol–water partition coefficient (Wildman–Crippen LogP) is 1.91. The summed E-state index contributed by atoms with van der Waals surface area (Å²) in [5.74, 6) is 1.15. The van der Waals surface area contributed by atoms with Crippen LogP contribution in [-0.4, -0.2) is 35.2 Å². The summed E-state index contributed by atoms with van der Waals surface area (Å²) in [4.78, 5) is 13.4. The minimum Gasteiger partial charge on any atom is -0.478 e. The Morgan fingerprint density at radius 2 is 2.35 bits per heavy atom. The number of rotatable bonds is 2. The van der Waals surface area contributed by atoms with Gasteiger partial charge in [-0.05, 0) is 25.1 Å². The Bertz CT molecular complexity index is 437. The van der Waals surface area contributed by atoms with E-state index in [9.17, 15) is 9.90 Å². The lowest BCUT2D eigenvalue weighted by molar-refractivity contribution is 0.0697. The molecular weight excluding hydrogens is 236 g/mol. The number of thioether (sulfide) groups is 1. The number of carboxylic acids is 1. The second kappa shape index (κ2) is 4.87. The molecule has 5 heteroatoms. The normalized spacial score (nSPS) is 20.3. The lowest BCUT2D eigenvalue weighted by Gasteiger charge is -2.35. The summed E-state index contributed by atoms with van der Waals surface area (Å²) < 4.78 is 0. The van der Waals surface area contributed by atoms with Crippen molar-refractivity contribution >= 4 is 29.1 Å². The second-order valence-electron chi connectivity index (χ2n) is 4.20. The number of hydrogen-bond acceptors (Lipinski definition) is 4. The fourth-order valence-corrected chi connectivity index (χ4v) is 3.07. The fraction of sp³-hybridized carbons (Fsp3) is 0.417. The molecule has 0 bridgehead atoms. The zero-order valence-electron chi connectivity index (χ0n) is 9.72. The number of nitrogens with zero attached hydrogens (tertiary/aromatic N) is 1. The van der Waals surface area contributed by atoms with E-state index >= 15 is 0 Å². The van der Waals surface area contributed by atoms with E-state index in [0.717, 1.165) is 23.7 Å². The maximum atomic E-state index is 11.2. The Morgan fingerprint density at radius 1 is 1.59 bits per heavy atom. The van der Waals surface area contributed by atoms with Gasteiger partial charge in [0, 0.05) is 29.8 Å². The van der Waals surface area contributed by atoms with Crippen molar-refractivity contribution in [2.45, 2.75) is 13.0 Å². The van der Waals surface area contributed by atoms with Gasteiger partial charge in [0.25, 0.3) is 0 Å². The minimum absolute atomic E-state index is 0.295. The number of aromatic carboxylic acids is 1. The molecule has 1 atom stereocenters. The maximum Gasteiger partial charge on any atom is 0.337 e. The van der Waals surface area contributed by atoms with E-state index in [1.807, 2.05) is 17.8 Å². The van der Waals surface area contributed by atoms with E-state index < -0.39 is 5.97 Å². The molecule has 92 valence electrons. The summed E-state index contributed by atoms with van der Waals surface area (Å²) in [5, 5.41) is 9.22. The summed E-state index contributed by atoms with van der Waals surface area (Å²) in [6.07, 6.45) is 0. The average molecular weight is 252 g/mol. The van der Waals surface area contributed by atoms with Crippen LogP contribution >= 0.6 is 11.8 Å². The highest BCUT2D eigenvalue weighted by Crippen LogP contribution is 2.28. The topological polar surface area (TPSA) is 66.6 Å². The third kappa shape index (κ3) is 2.49. The second-order valence-corrected chi connectivity index (χ2v) is 5.35. The highest BCUT2D eigenvalue weighted by molar-refractivity contribution is 7.99. The number of nitrogens with two attached hydrogens (primary N) is 1. The quantitative estimate of drug-likeness (QED) is 0.787. The lowest BCUT2D eigenvalue weighted by Crippen LogP contribution is -2.41. The maximum absolute atomic E-state index is 11.2. The molecule has 2 rings (SSSR count). The van der Waals surface area contributed by atoms with E-state index in [0.29, 0.717) is 17.3 Å². The molecule has 1 unspecified atom stereocenters. The van der Waals surface area contributed by atoms with Crippen molar-refractivity contribution in [3.63, 3.8) is 0 Å². The first-order valence-electron chi connectivity index (χ1n) is 5.57. The van der Waals surface area contributed by atoms with Gasteiger partial charge in [-0.2, -0.15) is 11.8 Å². The van der Waals surface area contributed by atoms with E-state index in [1.54, 1.807) is 6.07 Å². The van der Waals surface area contributed by atoms with Crippen LogP contribution < -0.4 is 10.6 Å². The van der Waals surface area contributed by atoms with Gasteiger partial charge < -0.3 is 15.7 Å². The molecule has 1 aromatic carbocycles. The van der Waals surface area contributed by atoms with Gasteiger partial charge >= 0.3 is 5.97 Å². The van der Waals surface area contributed by atoms with Gasteiger partial charge in [-0.3, -0.25) is 0 Å². The molecule has 0 amide bonds. The Labute approximate surface area is 105 Å². The summed E-state index contributed by atoms with van der Waals surface area (Å²) in [6.45, 7) is 3.00. The molecule has 1 aromatic rings. The number of nitrogen functional groups attached to an aromatic ring is 1. The van der Waals surface area contributed by atoms with Gasteiger partial charge in [0.1, 0.15) is 0 Å².